The van der Waals surface area contributed by atoms with Gasteiger partial charge in [-0.2, -0.15) is 0 Å². The molecule has 0 spiro atoms. The maximum absolute atomic E-state index is 11.2. The van der Waals surface area contributed by atoms with Crippen LogP contribution in [0.25, 0.3) is 0 Å². The quantitative estimate of drug-likeness (QED) is 0.587. The van der Waals surface area contributed by atoms with Gasteiger partial charge >= 0.3 is 0 Å². The molecule has 18 heavy (non-hydrogen) atoms. The molecule has 2 aromatic rings. The first-order valence-corrected chi connectivity index (χ1v) is 7.00. The summed E-state index contributed by atoms with van der Waals surface area (Å²) in [4.78, 5) is 12.3. The first kappa shape index (κ1) is 13.2. The second-order valence-electron chi connectivity index (χ2n) is 3.96. The Morgan fingerprint density at radius 1 is 1.11 bits per heavy atom. The van der Waals surface area contributed by atoms with Crippen LogP contribution < -0.4 is 0 Å². The minimum Gasteiger partial charge on any atom is -0.295 e. The van der Waals surface area contributed by atoms with E-state index in [-0.39, 0.29) is 5.78 Å². The van der Waals surface area contributed by atoms with Crippen LogP contribution in [0.3, 0.4) is 0 Å². The monoisotopic (exact) mass is 276 g/mol. The van der Waals surface area contributed by atoms with E-state index in [4.69, 9.17) is 11.6 Å². The van der Waals surface area contributed by atoms with Crippen LogP contribution in [0.4, 0.5) is 0 Å². The molecule has 0 unspecified atom stereocenters. The van der Waals surface area contributed by atoms with Crippen molar-refractivity contribution in [3.63, 3.8) is 0 Å². The lowest BCUT2D eigenvalue weighted by Gasteiger charge is -2.04. The van der Waals surface area contributed by atoms with E-state index in [0.717, 1.165) is 26.8 Å². The SMILES string of the molecule is CC(=O)c1ccc(SCc2ccccc2Cl)cc1. The molecular formula is C15H13ClOS. The van der Waals surface area contributed by atoms with Gasteiger partial charge in [-0.1, -0.05) is 41.9 Å². The molecule has 0 atom stereocenters. The highest BCUT2D eigenvalue weighted by Crippen LogP contribution is 2.26. The van der Waals surface area contributed by atoms with Crippen molar-refractivity contribution in [3.05, 3.63) is 64.7 Å². The normalized spacial score (nSPS) is 10.3. The Hall–Kier alpha value is -1.25. The summed E-state index contributed by atoms with van der Waals surface area (Å²) >= 11 is 7.81. The van der Waals surface area contributed by atoms with Gasteiger partial charge in [0, 0.05) is 21.2 Å². The number of ketones is 1. The van der Waals surface area contributed by atoms with Crippen molar-refractivity contribution in [2.75, 3.05) is 0 Å². The van der Waals surface area contributed by atoms with Gasteiger partial charge in [0.25, 0.3) is 0 Å². The second kappa shape index (κ2) is 6.07. The molecule has 0 bridgehead atoms. The molecule has 0 aliphatic heterocycles. The van der Waals surface area contributed by atoms with Gasteiger partial charge in [-0.05, 0) is 30.7 Å². The fourth-order valence-corrected chi connectivity index (χ4v) is 2.75. The smallest absolute Gasteiger partial charge is 0.159 e. The van der Waals surface area contributed by atoms with E-state index < -0.39 is 0 Å². The summed E-state index contributed by atoms with van der Waals surface area (Å²) in [5.41, 5.74) is 1.87. The van der Waals surface area contributed by atoms with Gasteiger partial charge in [0.15, 0.2) is 5.78 Å². The van der Waals surface area contributed by atoms with E-state index in [1.165, 1.54) is 0 Å². The highest BCUT2D eigenvalue weighted by Gasteiger charge is 2.02. The zero-order valence-corrected chi connectivity index (χ0v) is 11.6. The molecule has 3 heteroatoms. The van der Waals surface area contributed by atoms with Crippen LogP contribution in [-0.2, 0) is 5.75 Å². The molecule has 92 valence electrons. The molecule has 2 rings (SSSR count). The maximum Gasteiger partial charge on any atom is 0.159 e. The average Bonchev–Trinajstić information content (AvgIpc) is 2.38. The van der Waals surface area contributed by atoms with Crippen molar-refractivity contribution in [3.8, 4) is 0 Å². The van der Waals surface area contributed by atoms with Gasteiger partial charge in [0.2, 0.25) is 0 Å². The molecule has 0 N–H and O–H groups in total. The molecule has 0 saturated heterocycles. The Morgan fingerprint density at radius 2 is 1.78 bits per heavy atom. The van der Waals surface area contributed by atoms with Crippen molar-refractivity contribution < 1.29 is 4.79 Å². The van der Waals surface area contributed by atoms with Gasteiger partial charge in [-0.3, -0.25) is 4.79 Å². The van der Waals surface area contributed by atoms with E-state index >= 15 is 0 Å². The maximum atomic E-state index is 11.2. The molecule has 0 fully saturated rings. The van der Waals surface area contributed by atoms with Crippen molar-refractivity contribution in [1.29, 1.82) is 0 Å². The van der Waals surface area contributed by atoms with Gasteiger partial charge in [-0.15, -0.1) is 11.8 Å². The topological polar surface area (TPSA) is 17.1 Å². The van der Waals surface area contributed by atoms with Crippen molar-refractivity contribution >= 4 is 29.1 Å². The number of carbonyl (C=O) groups excluding carboxylic acids is 1. The van der Waals surface area contributed by atoms with E-state index in [9.17, 15) is 4.79 Å². The molecule has 0 heterocycles. The molecule has 2 aromatic carbocycles. The first-order chi connectivity index (χ1) is 8.66. The summed E-state index contributed by atoms with van der Waals surface area (Å²) < 4.78 is 0. The third-order valence-electron chi connectivity index (χ3n) is 2.61. The second-order valence-corrected chi connectivity index (χ2v) is 5.42. The highest BCUT2D eigenvalue weighted by atomic mass is 35.5. The van der Waals surface area contributed by atoms with Crippen LogP contribution in [-0.4, -0.2) is 5.78 Å². The summed E-state index contributed by atoms with van der Waals surface area (Å²) in [6.45, 7) is 1.58. The van der Waals surface area contributed by atoms with Crippen LogP contribution in [0, 0.1) is 0 Å². The zero-order chi connectivity index (χ0) is 13.0. The number of rotatable bonds is 4. The van der Waals surface area contributed by atoms with E-state index in [2.05, 4.69) is 0 Å². The Morgan fingerprint density at radius 3 is 2.39 bits per heavy atom. The van der Waals surface area contributed by atoms with Crippen molar-refractivity contribution in [1.82, 2.24) is 0 Å². The summed E-state index contributed by atoms with van der Waals surface area (Å²) in [7, 11) is 0. The fraction of sp³-hybridized carbons (Fsp3) is 0.133. The number of benzene rings is 2. The predicted molar refractivity (Wildman–Crippen MR) is 77.5 cm³/mol. The molecule has 0 aliphatic carbocycles. The number of carbonyl (C=O) groups is 1. The fourth-order valence-electron chi connectivity index (χ4n) is 1.56. The number of thioether (sulfide) groups is 1. The van der Waals surface area contributed by atoms with E-state index in [1.54, 1.807) is 18.7 Å². The number of hydrogen-bond acceptors (Lipinski definition) is 2. The van der Waals surface area contributed by atoms with Crippen molar-refractivity contribution in [2.24, 2.45) is 0 Å². The molecule has 0 amide bonds. The lowest BCUT2D eigenvalue weighted by Crippen LogP contribution is -1.90. The summed E-state index contributed by atoms with van der Waals surface area (Å²) in [6.07, 6.45) is 0. The Kier molecular flexibility index (Phi) is 4.45. The number of halogens is 1. The summed E-state index contributed by atoms with van der Waals surface area (Å²) in [5.74, 6) is 0.927. The largest absolute Gasteiger partial charge is 0.295 e. The molecule has 0 aromatic heterocycles. The van der Waals surface area contributed by atoms with Crippen LogP contribution >= 0.6 is 23.4 Å². The molecule has 0 saturated carbocycles. The van der Waals surface area contributed by atoms with Gasteiger partial charge < -0.3 is 0 Å². The molecule has 1 nitrogen and oxygen atoms in total. The third kappa shape index (κ3) is 3.37. The van der Waals surface area contributed by atoms with Crippen LogP contribution in [0.15, 0.2) is 53.4 Å². The van der Waals surface area contributed by atoms with Gasteiger partial charge in [-0.25, -0.2) is 0 Å². The minimum absolute atomic E-state index is 0.0950. The van der Waals surface area contributed by atoms with Gasteiger partial charge in [0.05, 0.1) is 0 Å². The number of Topliss-reactive ketones (excluding diaryl/α,β-unsaturated/α-hetero) is 1. The first-order valence-electron chi connectivity index (χ1n) is 5.64. The minimum atomic E-state index is 0.0950. The van der Waals surface area contributed by atoms with Crippen molar-refractivity contribution in [2.45, 2.75) is 17.6 Å². The average molecular weight is 277 g/mol. The summed E-state index contributed by atoms with van der Waals surface area (Å²) in [5, 5.41) is 0.797. The third-order valence-corrected chi connectivity index (χ3v) is 4.04. The lowest BCUT2D eigenvalue weighted by molar-refractivity contribution is 0.101. The Bertz CT molecular complexity index is 549. The standard InChI is InChI=1S/C15H13ClOS/c1-11(17)12-6-8-14(9-7-12)18-10-13-4-2-3-5-15(13)16/h2-9H,10H2,1H3. The van der Waals surface area contributed by atoms with Gasteiger partial charge in [0.1, 0.15) is 0 Å². The van der Waals surface area contributed by atoms with Crippen LogP contribution in [0.2, 0.25) is 5.02 Å². The van der Waals surface area contributed by atoms with Crippen LogP contribution in [0.5, 0.6) is 0 Å². The highest BCUT2D eigenvalue weighted by molar-refractivity contribution is 7.98. The number of hydrogen-bond donors (Lipinski definition) is 0. The molecule has 0 aliphatic rings. The molecule has 0 radical (unpaired) electrons. The van der Waals surface area contributed by atoms with Crippen LogP contribution in [0.1, 0.15) is 22.8 Å². The zero-order valence-electron chi connectivity index (χ0n) is 10.0. The lowest BCUT2D eigenvalue weighted by atomic mass is 10.2. The molecular weight excluding hydrogens is 264 g/mol. The Balaban J connectivity index is 2.02. The predicted octanol–water partition coefficient (Wildman–Crippen LogP) is 4.83. The Labute approximate surface area is 116 Å². The van der Waals surface area contributed by atoms with E-state index in [0.29, 0.717) is 0 Å². The summed E-state index contributed by atoms with van der Waals surface area (Å²) in [6, 6.07) is 15.5. The van der Waals surface area contributed by atoms with E-state index in [1.807, 2.05) is 48.5 Å².